The van der Waals surface area contributed by atoms with E-state index >= 15 is 0 Å². The molecule has 214 valence electrons. The van der Waals surface area contributed by atoms with Crippen molar-refractivity contribution in [2.75, 3.05) is 18.0 Å². The molecular weight excluding hydrogens is 526 g/mol. The standard InChI is InChI=1S/C31H39N3O5S/c1-6-23(3)32-31(36)24(4)33(21-25-14-13-16-27(20-25)39-5)30(35)22-34(29-19-12-11-15-26(29)7-2)40(37,38)28-17-9-8-10-18-28/h8-20,23-24H,6-7,21-22H2,1-5H3,(H,32,36)/t23-,24-/m1/s1. The third-order valence-electron chi connectivity index (χ3n) is 6.91. The van der Waals surface area contributed by atoms with Gasteiger partial charge in [0.15, 0.2) is 0 Å². The fourth-order valence-corrected chi connectivity index (χ4v) is 5.77. The summed E-state index contributed by atoms with van der Waals surface area (Å²) >= 11 is 0. The molecule has 3 rings (SSSR count). The smallest absolute Gasteiger partial charge is 0.264 e. The van der Waals surface area contributed by atoms with Crippen LogP contribution in [-0.4, -0.2) is 50.9 Å². The molecule has 0 aliphatic rings. The molecular formula is C31H39N3O5S. The van der Waals surface area contributed by atoms with Crippen LogP contribution in [0.3, 0.4) is 0 Å². The Hall–Kier alpha value is -3.85. The Balaban J connectivity index is 2.06. The van der Waals surface area contributed by atoms with Gasteiger partial charge in [0.05, 0.1) is 17.7 Å². The lowest BCUT2D eigenvalue weighted by molar-refractivity contribution is -0.139. The highest BCUT2D eigenvalue weighted by Crippen LogP contribution is 2.28. The van der Waals surface area contributed by atoms with Crippen LogP contribution in [0.15, 0.2) is 83.8 Å². The third kappa shape index (κ3) is 7.41. The first-order valence-electron chi connectivity index (χ1n) is 13.5. The Kier molecular flexibility index (Phi) is 10.7. The van der Waals surface area contributed by atoms with Crippen LogP contribution in [0.4, 0.5) is 5.69 Å². The molecule has 0 heterocycles. The zero-order valence-electron chi connectivity index (χ0n) is 23.8. The van der Waals surface area contributed by atoms with Crippen LogP contribution in [-0.2, 0) is 32.6 Å². The van der Waals surface area contributed by atoms with Crippen molar-refractivity contribution in [1.29, 1.82) is 0 Å². The third-order valence-corrected chi connectivity index (χ3v) is 8.68. The van der Waals surface area contributed by atoms with Gasteiger partial charge in [0.25, 0.3) is 10.0 Å². The van der Waals surface area contributed by atoms with Crippen LogP contribution in [0.25, 0.3) is 0 Å². The van der Waals surface area contributed by atoms with E-state index in [0.717, 1.165) is 21.9 Å². The minimum absolute atomic E-state index is 0.0740. The van der Waals surface area contributed by atoms with E-state index in [1.165, 1.54) is 17.0 Å². The van der Waals surface area contributed by atoms with Gasteiger partial charge in [-0.3, -0.25) is 13.9 Å². The number of carbonyl (C=O) groups is 2. The number of hydrogen-bond acceptors (Lipinski definition) is 5. The number of nitrogens with one attached hydrogen (secondary N) is 1. The first-order valence-corrected chi connectivity index (χ1v) is 14.9. The Morgan fingerprint density at radius 2 is 1.60 bits per heavy atom. The lowest BCUT2D eigenvalue weighted by Gasteiger charge is -2.33. The van der Waals surface area contributed by atoms with Crippen LogP contribution in [0.2, 0.25) is 0 Å². The summed E-state index contributed by atoms with van der Waals surface area (Å²) in [5, 5.41) is 2.94. The van der Waals surface area contributed by atoms with Crippen molar-refractivity contribution in [3.63, 3.8) is 0 Å². The number of carbonyl (C=O) groups excluding carboxylic acids is 2. The van der Waals surface area contributed by atoms with Gasteiger partial charge in [0.1, 0.15) is 18.3 Å². The van der Waals surface area contributed by atoms with Crippen molar-refractivity contribution < 1.29 is 22.7 Å². The van der Waals surface area contributed by atoms with Crippen LogP contribution < -0.4 is 14.4 Å². The molecule has 3 aromatic carbocycles. The van der Waals surface area contributed by atoms with Crippen LogP contribution in [0, 0.1) is 0 Å². The van der Waals surface area contributed by atoms with Crippen molar-refractivity contribution in [3.8, 4) is 5.75 Å². The van der Waals surface area contributed by atoms with Gasteiger partial charge >= 0.3 is 0 Å². The van der Waals surface area contributed by atoms with Gasteiger partial charge in [-0.25, -0.2) is 8.42 Å². The van der Waals surface area contributed by atoms with Gasteiger partial charge < -0.3 is 15.0 Å². The number of amides is 2. The molecule has 9 heteroatoms. The van der Waals surface area contributed by atoms with Gasteiger partial charge in [0, 0.05) is 12.6 Å². The molecule has 0 aliphatic carbocycles. The molecule has 0 radical (unpaired) electrons. The molecule has 3 aromatic rings. The van der Waals surface area contributed by atoms with E-state index in [0.29, 0.717) is 17.9 Å². The molecule has 1 N–H and O–H groups in total. The topological polar surface area (TPSA) is 96.0 Å². The summed E-state index contributed by atoms with van der Waals surface area (Å²) < 4.78 is 34.4. The molecule has 0 unspecified atom stereocenters. The summed E-state index contributed by atoms with van der Waals surface area (Å²) in [6.45, 7) is 7.08. The largest absolute Gasteiger partial charge is 0.497 e. The van der Waals surface area contributed by atoms with Crippen LogP contribution in [0.1, 0.15) is 45.2 Å². The first kappa shape index (κ1) is 30.7. The SMILES string of the molecule is CCc1ccccc1N(CC(=O)N(Cc1cccc(OC)c1)[C@H](C)C(=O)N[C@H](C)CC)S(=O)(=O)c1ccccc1. The maximum absolute atomic E-state index is 14.1. The average Bonchev–Trinajstić information content (AvgIpc) is 2.98. The summed E-state index contributed by atoms with van der Waals surface area (Å²) in [6.07, 6.45) is 1.31. The van der Waals surface area contributed by atoms with E-state index in [2.05, 4.69) is 5.32 Å². The lowest BCUT2D eigenvalue weighted by Crippen LogP contribution is -2.52. The number of anilines is 1. The second-order valence-corrected chi connectivity index (χ2v) is 11.5. The van der Waals surface area contributed by atoms with Crippen molar-refractivity contribution in [1.82, 2.24) is 10.2 Å². The minimum Gasteiger partial charge on any atom is -0.497 e. The second-order valence-electron chi connectivity index (χ2n) is 9.67. The van der Waals surface area contributed by atoms with Gasteiger partial charge in [-0.1, -0.05) is 62.4 Å². The summed E-state index contributed by atoms with van der Waals surface area (Å²) in [7, 11) is -2.55. The Morgan fingerprint density at radius 3 is 2.25 bits per heavy atom. The molecule has 40 heavy (non-hydrogen) atoms. The molecule has 2 amide bonds. The first-order chi connectivity index (χ1) is 19.1. The van der Waals surface area contributed by atoms with E-state index in [1.807, 2.05) is 45.0 Å². The fraction of sp³-hybridized carbons (Fsp3) is 0.355. The highest BCUT2D eigenvalue weighted by molar-refractivity contribution is 7.92. The second kappa shape index (κ2) is 14.0. The summed E-state index contributed by atoms with van der Waals surface area (Å²) in [5.41, 5.74) is 1.97. The molecule has 0 bridgehead atoms. The number of para-hydroxylation sites is 1. The van der Waals surface area contributed by atoms with E-state index in [4.69, 9.17) is 4.74 Å². The molecule has 8 nitrogen and oxygen atoms in total. The fourth-order valence-electron chi connectivity index (χ4n) is 4.30. The summed E-state index contributed by atoms with van der Waals surface area (Å²) in [6, 6.07) is 21.5. The predicted molar refractivity (Wildman–Crippen MR) is 158 cm³/mol. The molecule has 0 saturated heterocycles. The molecule has 0 fully saturated rings. The molecule has 2 atom stereocenters. The van der Waals surface area contributed by atoms with Gasteiger partial charge in [-0.15, -0.1) is 0 Å². The number of ether oxygens (including phenoxy) is 1. The average molecular weight is 566 g/mol. The maximum atomic E-state index is 14.1. The van der Waals surface area contributed by atoms with Gasteiger partial charge in [-0.2, -0.15) is 0 Å². The molecule has 0 spiro atoms. The monoisotopic (exact) mass is 565 g/mol. The van der Waals surface area contributed by atoms with Crippen molar-refractivity contribution in [2.24, 2.45) is 0 Å². The number of sulfonamides is 1. The van der Waals surface area contributed by atoms with Crippen LogP contribution >= 0.6 is 0 Å². The van der Waals surface area contributed by atoms with Crippen molar-refractivity contribution >= 4 is 27.5 Å². The number of nitrogens with zero attached hydrogens (tertiary/aromatic N) is 2. The number of rotatable bonds is 13. The molecule has 0 aliphatic heterocycles. The van der Waals surface area contributed by atoms with E-state index in [9.17, 15) is 18.0 Å². The molecule has 0 aromatic heterocycles. The van der Waals surface area contributed by atoms with Crippen LogP contribution in [0.5, 0.6) is 5.75 Å². The van der Waals surface area contributed by atoms with Crippen molar-refractivity contribution in [2.45, 2.75) is 64.1 Å². The number of aryl methyl sites for hydroxylation is 1. The number of benzene rings is 3. The lowest BCUT2D eigenvalue weighted by atomic mass is 10.1. The number of hydrogen-bond donors (Lipinski definition) is 1. The number of methoxy groups -OCH3 is 1. The Bertz CT molecular complexity index is 1390. The maximum Gasteiger partial charge on any atom is 0.264 e. The Morgan fingerprint density at radius 1 is 0.925 bits per heavy atom. The minimum atomic E-state index is -4.10. The Labute approximate surface area is 238 Å². The normalized spacial score (nSPS) is 12.7. The predicted octanol–water partition coefficient (Wildman–Crippen LogP) is 4.78. The summed E-state index contributed by atoms with van der Waals surface area (Å²) in [5.74, 6) is -0.191. The van der Waals surface area contributed by atoms with E-state index < -0.39 is 28.5 Å². The van der Waals surface area contributed by atoms with E-state index in [1.54, 1.807) is 56.5 Å². The van der Waals surface area contributed by atoms with Crippen molar-refractivity contribution in [3.05, 3.63) is 90.0 Å². The highest BCUT2D eigenvalue weighted by Gasteiger charge is 2.33. The van der Waals surface area contributed by atoms with E-state index in [-0.39, 0.29) is 23.4 Å². The zero-order chi connectivity index (χ0) is 29.3. The van der Waals surface area contributed by atoms with Gasteiger partial charge in [-0.05, 0) is 68.1 Å². The highest BCUT2D eigenvalue weighted by atomic mass is 32.2. The zero-order valence-corrected chi connectivity index (χ0v) is 24.6. The summed E-state index contributed by atoms with van der Waals surface area (Å²) in [4.78, 5) is 28.8. The quantitative estimate of drug-likeness (QED) is 0.322. The molecule has 0 saturated carbocycles. The van der Waals surface area contributed by atoms with Gasteiger partial charge in [0.2, 0.25) is 11.8 Å².